The van der Waals surface area contributed by atoms with Crippen LogP contribution >= 0.6 is 0 Å². The number of fused-ring (bicyclic) bond motifs is 2. The van der Waals surface area contributed by atoms with Crippen LogP contribution in [0.25, 0.3) is 28.1 Å². The largest absolute Gasteiger partial charge is 0.475 e. The number of likely N-dealkylation sites (N-methyl/N-ethyl adjacent to an activating group) is 1. The number of imidazole rings is 1. The van der Waals surface area contributed by atoms with Gasteiger partial charge in [-0.3, -0.25) is 0 Å². The highest BCUT2D eigenvalue weighted by atomic mass is 16.5. The summed E-state index contributed by atoms with van der Waals surface area (Å²) in [5.74, 6) is 2.01. The molecule has 1 atom stereocenters. The summed E-state index contributed by atoms with van der Waals surface area (Å²) in [6.07, 6.45) is 3.50. The molecule has 0 aromatic carbocycles. The van der Waals surface area contributed by atoms with Gasteiger partial charge in [0.1, 0.15) is 23.7 Å². The Morgan fingerprint density at radius 1 is 1.27 bits per heavy atom. The molecule has 0 radical (unpaired) electrons. The zero-order valence-corrected chi connectivity index (χ0v) is 17.4. The molecule has 9 nitrogen and oxygen atoms in total. The van der Waals surface area contributed by atoms with Crippen molar-refractivity contribution < 1.29 is 13.9 Å². The van der Waals surface area contributed by atoms with E-state index in [1.54, 1.807) is 30.1 Å². The molecule has 4 rings (SSSR count). The fraction of sp³-hybridized carbons (Fsp3) is 0.381. The number of aromatic nitrogens is 4. The first-order valence-electron chi connectivity index (χ1n) is 9.96. The number of anilines is 1. The van der Waals surface area contributed by atoms with Crippen LogP contribution in [0.2, 0.25) is 0 Å². The van der Waals surface area contributed by atoms with Gasteiger partial charge in [0.05, 0.1) is 18.2 Å². The average molecular weight is 410 g/mol. The van der Waals surface area contributed by atoms with Crippen molar-refractivity contribution in [2.75, 3.05) is 38.3 Å². The zero-order chi connectivity index (χ0) is 21.1. The van der Waals surface area contributed by atoms with E-state index in [0.717, 1.165) is 35.6 Å². The van der Waals surface area contributed by atoms with Crippen molar-refractivity contribution in [3.8, 4) is 17.3 Å². The summed E-state index contributed by atoms with van der Waals surface area (Å²) in [7, 11) is 1.70. The molecule has 4 aromatic rings. The lowest BCUT2D eigenvalue weighted by Gasteiger charge is -2.21. The van der Waals surface area contributed by atoms with E-state index in [1.807, 2.05) is 25.1 Å². The third-order valence-corrected chi connectivity index (χ3v) is 4.76. The lowest BCUT2D eigenvalue weighted by molar-refractivity contribution is 0.205. The number of furan rings is 1. The maximum absolute atomic E-state index is 6.14. The Kier molecular flexibility index (Phi) is 5.82. The molecule has 0 aliphatic rings. The second-order valence-corrected chi connectivity index (χ2v) is 7.10. The Bertz CT molecular complexity index is 1140. The number of hydrogen-bond acceptors (Lipinski definition) is 8. The molecule has 0 fully saturated rings. The quantitative estimate of drug-likeness (QED) is 0.449. The highest BCUT2D eigenvalue weighted by molar-refractivity contribution is 5.91. The van der Waals surface area contributed by atoms with Crippen LogP contribution in [0.5, 0.6) is 5.88 Å². The summed E-state index contributed by atoms with van der Waals surface area (Å²) in [5, 5.41) is 5.48. The Morgan fingerprint density at radius 3 is 2.90 bits per heavy atom. The minimum Gasteiger partial charge on any atom is -0.475 e. The molecular weight excluding hydrogens is 384 g/mol. The lowest BCUT2D eigenvalue weighted by Crippen LogP contribution is -2.27. The van der Waals surface area contributed by atoms with Crippen molar-refractivity contribution in [1.29, 1.82) is 0 Å². The summed E-state index contributed by atoms with van der Waals surface area (Å²) in [6, 6.07) is 7.40. The molecule has 30 heavy (non-hydrogen) atoms. The van der Waals surface area contributed by atoms with Gasteiger partial charge < -0.3 is 24.5 Å². The smallest absolute Gasteiger partial charge is 0.231 e. The van der Waals surface area contributed by atoms with Gasteiger partial charge in [0.15, 0.2) is 11.4 Å². The Hall–Kier alpha value is -3.17. The minimum atomic E-state index is -0.0781. The van der Waals surface area contributed by atoms with E-state index < -0.39 is 0 Å². The molecule has 1 unspecified atom stereocenters. The van der Waals surface area contributed by atoms with Crippen molar-refractivity contribution in [1.82, 2.24) is 19.6 Å². The minimum absolute atomic E-state index is 0.0781. The maximum atomic E-state index is 6.14. The second kappa shape index (κ2) is 8.68. The number of ether oxygens (including phenoxy) is 2. The molecule has 4 aromatic heterocycles. The van der Waals surface area contributed by atoms with E-state index in [4.69, 9.17) is 19.6 Å². The van der Waals surface area contributed by atoms with E-state index in [9.17, 15) is 0 Å². The molecule has 0 amide bonds. The van der Waals surface area contributed by atoms with Crippen LogP contribution in [-0.2, 0) is 4.74 Å². The highest BCUT2D eigenvalue weighted by Gasteiger charge is 2.18. The third kappa shape index (κ3) is 3.94. The predicted molar refractivity (Wildman–Crippen MR) is 115 cm³/mol. The summed E-state index contributed by atoms with van der Waals surface area (Å²) < 4.78 is 18.7. The average Bonchev–Trinajstić information content (AvgIpc) is 3.36. The zero-order valence-electron chi connectivity index (χ0n) is 17.4. The molecule has 9 heteroatoms. The van der Waals surface area contributed by atoms with E-state index in [-0.39, 0.29) is 6.04 Å². The van der Waals surface area contributed by atoms with Crippen LogP contribution in [0.1, 0.15) is 13.8 Å². The van der Waals surface area contributed by atoms with Crippen LogP contribution in [-0.4, -0.2) is 59.0 Å². The summed E-state index contributed by atoms with van der Waals surface area (Å²) in [4.78, 5) is 11.2. The molecule has 0 saturated carbocycles. The van der Waals surface area contributed by atoms with Gasteiger partial charge in [-0.25, -0.2) is 14.5 Å². The van der Waals surface area contributed by atoms with Crippen LogP contribution in [0.4, 0.5) is 5.82 Å². The number of rotatable bonds is 9. The Morgan fingerprint density at radius 2 is 2.13 bits per heavy atom. The monoisotopic (exact) mass is 410 g/mol. The highest BCUT2D eigenvalue weighted by Crippen LogP contribution is 2.33. The number of methoxy groups -OCH3 is 1. The van der Waals surface area contributed by atoms with Crippen LogP contribution in [0.3, 0.4) is 0 Å². The Balaban J connectivity index is 1.73. The lowest BCUT2D eigenvalue weighted by atomic mass is 10.2. The van der Waals surface area contributed by atoms with Crippen molar-refractivity contribution in [2.24, 2.45) is 5.73 Å². The standard InChI is InChI=1S/C21H26N6O3/c1-4-26(9-10-28-3)21-15-11-18(30-17(15)7-8-23-21)16-12-24-19-5-6-20(25-27(16)19)29-13-14(2)22/h5-8,11-12,14H,4,9-10,13,22H2,1-3H3. The molecular formula is C21H26N6O3. The normalized spacial score (nSPS) is 12.5. The van der Waals surface area contributed by atoms with Gasteiger partial charge in [0.2, 0.25) is 5.88 Å². The van der Waals surface area contributed by atoms with E-state index in [2.05, 4.69) is 26.9 Å². The molecule has 0 saturated heterocycles. The van der Waals surface area contributed by atoms with Crippen molar-refractivity contribution in [2.45, 2.75) is 19.9 Å². The van der Waals surface area contributed by atoms with E-state index >= 15 is 0 Å². The van der Waals surface area contributed by atoms with Gasteiger partial charge in [-0.05, 0) is 32.0 Å². The first kappa shape index (κ1) is 20.1. The van der Waals surface area contributed by atoms with Crippen molar-refractivity contribution in [3.05, 3.63) is 36.7 Å². The van der Waals surface area contributed by atoms with Gasteiger partial charge in [0, 0.05) is 38.5 Å². The number of hydrogen-bond donors (Lipinski definition) is 1. The van der Waals surface area contributed by atoms with E-state index in [0.29, 0.717) is 30.5 Å². The Labute approximate surface area is 174 Å². The molecule has 0 spiro atoms. The van der Waals surface area contributed by atoms with Gasteiger partial charge >= 0.3 is 0 Å². The number of pyridine rings is 1. The van der Waals surface area contributed by atoms with Crippen LogP contribution in [0, 0.1) is 0 Å². The predicted octanol–water partition coefficient (Wildman–Crippen LogP) is 2.74. The molecule has 2 N–H and O–H groups in total. The van der Waals surface area contributed by atoms with Crippen LogP contribution < -0.4 is 15.4 Å². The molecule has 0 bridgehead atoms. The third-order valence-electron chi connectivity index (χ3n) is 4.76. The molecule has 0 aliphatic carbocycles. The van der Waals surface area contributed by atoms with Gasteiger partial charge in [-0.1, -0.05) is 0 Å². The summed E-state index contributed by atoms with van der Waals surface area (Å²) in [6.45, 7) is 6.54. The SMILES string of the molecule is CCN(CCOC)c1nccc2oc(-c3cnc4ccc(OCC(C)N)nn34)cc12. The number of nitrogens with zero attached hydrogens (tertiary/aromatic N) is 5. The summed E-state index contributed by atoms with van der Waals surface area (Å²) in [5.41, 5.74) is 7.96. The van der Waals surface area contributed by atoms with E-state index in [1.165, 1.54) is 0 Å². The first-order chi connectivity index (χ1) is 14.6. The molecule has 158 valence electrons. The van der Waals surface area contributed by atoms with Gasteiger partial charge in [0.25, 0.3) is 0 Å². The fourth-order valence-electron chi connectivity index (χ4n) is 3.26. The van der Waals surface area contributed by atoms with Crippen LogP contribution in [0.15, 0.2) is 41.1 Å². The molecule has 0 aliphatic heterocycles. The first-order valence-corrected chi connectivity index (χ1v) is 9.96. The summed E-state index contributed by atoms with van der Waals surface area (Å²) >= 11 is 0. The topological polar surface area (TPSA) is 104 Å². The fourth-order valence-corrected chi connectivity index (χ4v) is 3.26. The van der Waals surface area contributed by atoms with Crippen molar-refractivity contribution >= 4 is 22.4 Å². The van der Waals surface area contributed by atoms with Crippen molar-refractivity contribution in [3.63, 3.8) is 0 Å². The second-order valence-electron chi connectivity index (χ2n) is 7.10. The number of nitrogens with two attached hydrogens (primary N) is 1. The van der Waals surface area contributed by atoms with Gasteiger partial charge in [-0.2, -0.15) is 0 Å². The van der Waals surface area contributed by atoms with Gasteiger partial charge in [-0.15, -0.1) is 5.10 Å². The maximum Gasteiger partial charge on any atom is 0.231 e. The molecule has 4 heterocycles.